The van der Waals surface area contributed by atoms with E-state index in [1.54, 1.807) is 10.8 Å². The molecule has 0 bridgehead atoms. The fourth-order valence-corrected chi connectivity index (χ4v) is 4.26. The lowest BCUT2D eigenvalue weighted by atomic mass is 9.98. The zero-order chi connectivity index (χ0) is 21.6. The third-order valence-electron chi connectivity index (χ3n) is 5.20. The minimum absolute atomic E-state index is 0.0216. The monoisotopic (exact) mass is 432 g/mol. The normalized spacial score (nSPS) is 10.9. The number of carbonyl (C=O) groups excluding carboxylic acids is 1. The summed E-state index contributed by atoms with van der Waals surface area (Å²) in [7, 11) is 0. The lowest BCUT2D eigenvalue weighted by Crippen LogP contribution is -2.26. The number of amides is 1. The van der Waals surface area contributed by atoms with Crippen LogP contribution in [0, 0.1) is 6.92 Å². The number of carbonyl (C=O) groups is 1. The Morgan fingerprint density at radius 1 is 1.10 bits per heavy atom. The molecule has 0 aliphatic heterocycles. The summed E-state index contributed by atoms with van der Waals surface area (Å²) in [6, 6.07) is 18.4. The van der Waals surface area contributed by atoms with Crippen molar-refractivity contribution in [1.29, 1.82) is 0 Å². The lowest BCUT2D eigenvalue weighted by Gasteiger charge is -2.12. The molecule has 4 rings (SSSR count). The van der Waals surface area contributed by atoms with Crippen LogP contribution in [0.2, 0.25) is 0 Å². The van der Waals surface area contributed by atoms with Gasteiger partial charge in [0.2, 0.25) is 5.91 Å². The Kier molecular flexibility index (Phi) is 6.43. The quantitative estimate of drug-likeness (QED) is 0.460. The highest BCUT2D eigenvalue weighted by atomic mass is 32.1. The Labute approximate surface area is 184 Å². The molecule has 4 aromatic rings. The summed E-state index contributed by atoms with van der Waals surface area (Å²) in [6.07, 6.45) is 4.00. The fourth-order valence-electron chi connectivity index (χ4n) is 3.50. The highest BCUT2D eigenvalue weighted by Gasteiger charge is 2.09. The molecule has 0 atom stereocenters. The largest absolute Gasteiger partial charge is 0.352 e. The van der Waals surface area contributed by atoms with Crippen LogP contribution in [0.3, 0.4) is 0 Å². The van der Waals surface area contributed by atoms with Gasteiger partial charge in [0.15, 0.2) is 0 Å². The average Bonchev–Trinajstić information content (AvgIpc) is 3.41. The van der Waals surface area contributed by atoms with E-state index < -0.39 is 0 Å². The highest BCUT2D eigenvalue weighted by Crippen LogP contribution is 2.24. The van der Waals surface area contributed by atoms with E-state index in [0.717, 1.165) is 28.9 Å². The van der Waals surface area contributed by atoms with Gasteiger partial charge in [-0.25, -0.2) is 0 Å². The number of rotatable bonds is 8. The van der Waals surface area contributed by atoms with Crippen LogP contribution < -0.4 is 10.2 Å². The first-order valence-corrected chi connectivity index (χ1v) is 11.0. The molecule has 2 aromatic heterocycles. The maximum Gasteiger partial charge on any atom is 0.307 e. The minimum atomic E-state index is -0.0677. The Balaban J connectivity index is 1.39. The summed E-state index contributed by atoms with van der Waals surface area (Å²) < 4.78 is 3.53. The van der Waals surface area contributed by atoms with E-state index in [1.165, 1.54) is 16.9 Å². The molecule has 0 aliphatic rings. The van der Waals surface area contributed by atoms with Crippen molar-refractivity contribution in [3.05, 3.63) is 98.9 Å². The first-order chi connectivity index (χ1) is 15.1. The number of hydrogen-bond donors (Lipinski definition) is 1. The van der Waals surface area contributed by atoms with E-state index in [0.29, 0.717) is 13.1 Å². The van der Waals surface area contributed by atoms with E-state index in [9.17, 15) is 9.59 Å². The number of aromatic nitrogens is 3. The molecule has 0 spiro atoms. The van der Waals surface area contributed by atoms with Gasteiger partial charge < -0.3 is 9.88 Å². The van der Waals surface area contributed by atoms with E-state index in [4.69, 9.17) is 0 Å². The van der Waals surface area contributed by atoms with Crippen LogP contribution in [0.15, 0.2) is 77.2 Å². The molecule has 0 aliphatic carbocycles. The van der Waals surface area contributed by atoms with Gasteiger partial charge in [0.25, 0.3) is 0 Å². The van der Waals surface area contributed by atoms with Gasteiger partial charge in [0.05, 0.1) is 6.54 Å². The number of hydrogen-bond acceptors (Lipinski definition) is 4. The molecule has 158 valence electrons. The van der Waals surface area contributed by atoms with Gasteiger partial charge in [0.1, 0.15) is 0 Å². The van der Waals surface area contributed by atoms with Crippen molar-refractivity contribution >= 4 is 17.2 Å². The standard InChI is InChI=1S/C24H24N4O2S/c1-18-17-31-24(30)28(18)14-11-23(29)25-15-21-5-2-3-6-22(21)20-9-7-19(8-10-20)16-27-13-4-12-26-27/h2-10,12-13,17H,11,14-16H2,1H3,(H,25,29). The predicted molar refractivity (Wildman–Crippen MR) is 123 cm³/mol. The predicted octanol–water partition coefficient (Wildman–Crippen LogP) is 3.84. The third-order valence-corrected chi connectivity index (χ3v) is 6.08. The molecule has 0 saturated heterocycles. The Morgan fingerprint density at radius 3 is 2.61 bits per heavy atom. The second kappa shape index (κ2) is 9.57. The highest BCUT2D eigenvalue weighted by molar-refractivity contribution is 7.07. The minimum Gasteiger partial charge on any atom is -0.352 e. The van der Waals surface area contributed by atoms with Gasteiger partial charge in [-0.2, -0.15) is 5.10 Å². The molecule has 1 amide bonds. The molecule has 0 saturated carbocycles. The molecule has 1 N–H and O–H groups in total. The Morgan fingerprint density at radius 2 is 1.90 bits per heavy atom. The van der Waals surface area contributed by atoms with Crippen molar-refractivity contribution in [3.63, 3.8) is 0 Å². The van der Waals surface area contributed by atoms with Gasteiger partial charge in [0, 0.05) is 43.0 Å². The summed E-state index contributed by atoms with van der Waals surface area (Å²) in [5.74, 6) is -0.0677. The fraction of sp³-hybridized carbons (Fsp3) is 0.208. The van der Waals surface area contributed by atoms with E-state index in [-0.39, 0.29) is 17.2 Å². The van der Waals surface area contributed by atoms with Crippen molar-refractivity contribution < 1.29 is 4.79 Å². The molecule has 7 heteroatoms. The first kappa shape index (κ1) is 20.8. The lowest BCUT2D eigenvalue weighted by molar-refractivity contribution is -0.121. The molecule has 0 unspecified atom stereocenters. The Hall–Kier alpha value is -3.45. The van der Waals surface area contributed by atoms with Gasteiger partial charge >= 0.3 is 4.87 Å². The summed E-state index contributed by atoms with van der Waals surface area (Å²) in [6.45, 7) is 3.46. The third kappa shape index (κ3) is 5.19. The number of aryl methyl sites for hydroxylation is 1. The smallest absolute Gasteiger partial charge is 0.307 e. The van der Waals surface area contributed by atoms with Crippen molar-refractivity contribution in [2.45, 2.75) is 33.0 Å². The number of thiazole rings is 1. The van der Waals surface area contributed by atoms with Crippen LogP contribution in [0.1, 0.15) is 23.2 Å². The van der Waals surface area contributed by atoms with Crippen LogP contribution in [0.5, 0.6) is 0 Å². The second-order valence-corrected chi connectivity index (χ2v) is 8.20. The molecule has 2 aromatic carbocycles. The maximum absolute atomic E-state index is 12.3. The Bertz CT molecular complexity index is 1210. The summed E-state index contributed by atoms with van der Waals surface area (Å²) in [5, 5.41) is 9.05. The zero-order valence-electron chi connectivity index (χ0n) is 17.3. The van der Waals surface area contributed by atoms with E-state index in [1.807, 2.05) is 47.4 Å². The van der Waals surface area contributed by atoms with Crippen LogP contribution in [-0.4, -0.2) is 20.3 Å². The van der Waals surface area contributed by atoms with Crippen molar-refractivity contribution in [2.75, 3.05) is 0 Å². The average molecular weight is 433 g/mol. The molecular weight excluding hydrogens is 408 g/mol. The van der Waals surface area contributed by atoms with Crippen molar-refractivity contribution in [1.82, 2.24) is 19.7 Å². The van der Waals surface area contributed by atoms with Crippen LogP contribution in [0.4, 0.5) is 0 Å². The van der Waals surface area contributed by atoms with E-state index in [2.05, 4.69) is 40.7 Å². The molecule has 0 radical (unpaired) electrons. The SMILES string of the molecule is Cc1csc(=O)n1CCC(=O)NCc1ccccc1-c1ccc(Cn2cccn2)cc1. The molecule has 2 heterocycles. The van der Waals surface area contributed by atoms with Crippen molar-refractivity contribution in [3.8, 4) is 11.1 Å². The van der Waals surface area contributed by atoms with Gasteiger partial charge in [-0.15, -0.1) is 0 Å². The van der Waals surface area contributed by atoms with Crippen LogP contribution >= 0.6 is 11.3 Å². The number of nitrogens with one attached hydrogen (secondary N) is 1. The van der Waals surface area contributed by atoms with Gasteiger partial charge in [-0.05, 0) is 35.2 Å². The zero-order valence-corrected chi connectivity index (χ0v) is 18.1. The van der Waals surface area contributed by atoms with Crippen molar-refractivity contribution in [2.24, 2.45) is 0 Å². The number of benzene rings is 2. The van der Waals surface area contributed by atoms with E-state index >= 15 is 0 Å². The summed E-state index contributed by atoms with van der Waals surface area (Å²) in [5.41, 5.74) is 5.33. The second-order valence-electron chi connectivity index (χ2n) is 7.38. The van der Waals surface area contributed by atoms with Crippen LogP contribution in [0.25, 0.3) is 11.1 Å². The van der Waals surface area contributed by atoms with Crippen LogP contribution in [-0.2, 0) is 24.4 Å². The van der Waals surface area contributed by atoms with Gasteiger partial charge in [-0.1, -0.05) is 59.9 Å². The topological polar surface area (TPSA) is 68.9 Å². The summed E-state index contributed by atoms with van der Waals surface area (Å²) >= 11 is 1.17. The maximum atomic E-state index is 12.3. The molecule has 0 fully saturated rings. The molecular formula is C24H24N4O2S. The number of nitrogens with zero attached hydrogens (tertiary/aromatic N) is 3. The molecule has 31 heavy (non-hydrogen) atoms. The van der Waals surface area contributed by atoms with Gasteiger partial charge in [-0.3, -0.25) is 14.3 Å². The molecule has 6 nitrogen and oxygen atoms in total. The first-order valence-electron chi connectivity index (χ1n) is 10.2. The summed E-state index contributed by atoms with van der Waals surface area (Å²) in [4.78, 5) is 24.1.